The minimum Gasteiger partial charge on any atom is -0.356 e. The van der Waals surface area contributed by atoms with Gasteiger partial charge in [0.15, 0.2) is 0 Å². The number of unbranched alkanes of at least 4 members (excludes halogenated alkanes) is 4. The Morgan fingerprint density at radius 1 is 1.00 bits per heavy atom. The number of hydrogen-bond donors (Lipinski definition) is 3. The Morgan fingerprint density at radius 3 is 2.17 bits per heavy atom. The number of hydrogen-bond acceptors (Lipinski definition) is 4. The van der Waals surface area contributed by atoms with Crippen LogP contribution in [0.15, 0.2) is 29.2 Å². The lowest BCUT2D eigenvalue weighted by molar-refractivity contribution is -0.121. The molecule has 1 rings (SSSR count). The monoisotopic (exact) mass is 425 g/mol. The topological polar surface area (TPSA) is 104 Å². The van der Waals surface area contributed by atoms with E-state index in [1.165, 1.54) is 50.5 Å². The van der Waals surface area contributed by atoms with Gasteiger partial charge >= 0.3 is 0 Å². The standard InChI is InChI=1S/C21H35N3O4S/c1-5-6-7-8-9-14-22-21(26)15-20(16(2)3)24-29(27,28)19-12-10-18(11-13-19)23-17(4)25/h10-13,16,20,24H,5-9,14-15H2,1-4H3,(H,22,26)(H,23,25)/t20-/m0/s1. The molecule has 8 heteroatoms. The molecule has 0 spiro atoms. The van der Waals surface area contributed by atoms with Crippen LogP contribution in [0.4, 0.5) is 5.69 Å². The molecular formula is C21H35N3O4S. The molecule has 0 bridgehead atoms. The first kappa shape index (κ1) is 25.1. The quantitative estimate of drug-likeness (QED) is 0.421. The molecule has 2 amide bonds. The molecule has 0 aliphatic heterocycles. The lowest BCUT2D eigenvalue weighted by atomic mass is 10.0. The number of sulfonamides is 1. The van der Waals surface area contributed by atoms with Gasteiger partial charge in [-0.15, -0.1) is 0 Å². The summed E-state index contributed by atoms with van der Waals surface area (Å²) in [4.78, 5) is 23.4. The fourth-order valence-corrected chi connectivity index (χ4v) is 4.21. The molecule has 0 aromatic heterocycles. The minimum absolute atomic E-state index is 0.0428. The molecule has 0 heterocycles. The Hall–Kier alpha value is -1.93. The van der Waals surface area contributed by atoms with E-state index in [9.17, 15) is 18.0 Å². The molecule has 0 aliphatic rings. The van der Waals surface area contributed by atoms with Gasteiger partial charge in [-0.1, -0.05) is 46.5 Å². The molecule has 0 unspecified atom stereocenters. The molecule has 3 N–H and O–H groups in total. The van der Waals surface area contributed by atoms with Gasteiger partial charge < -0.3 is 10.6 Å². The van der Waals surface area contributed by atoms with E-state index in [1.54, 1.807) is 0 Å². The summed E-state index contributed by atoms with van der Waals surface area (Å²) in [6.45, 7) is 7.92. The number of benzene rings is 1. The second-order valence-electron chi connectivity index (χ2n) is 7.65. The summed E-state index contributed by atoms with van der Waals surface area (Å²) in [7, 11) is -3.77. The van der Waals surface area contributed by atoms with Crippen molar-refractivity contribution in [2.75, 3.05) is 11.9 Å². The predicted octanol–water partition coefficient (Wildman–Crippen LogP) is 3.42. The van der Waals surface area contributed by atoms with Crippen LogP contribution in [-0.4, -0.2) is 32.8 Å². The van der Waals surface area contributed by atoms with E-state index in [-0.39, 0.29) is 29.0 Å². The summed E-state index contributed by atoms with van der Waals surface area (Å²) in [5, 5.41) is 5.48. The number of rotatable bonds is 13. The van der Waals surface area contributed by atoms with Gasteiger partial charge in [0.25, 0.3) is 0 Å². The Labute approximate surface area is 175 Å². The van der Waals surface area contributed by atoms with Gasteiger partial charge in [0.05, 0.1) is 4.90 Å². The van der Waals surface area contributed by atoms with E-state index in [1.807, 2.05) is 13.8 Å². The Morgan fingerprint density at radius 2 is 1.62 bits per heavy atom. The highest BCUT2D eigenvalue weighted by Crippen LogP contribution is 2.17. The van der Waals surface area contributed by atoms with Crippen molar-refractivity contribution < 1.29 is 18.0 Å². The van der Waals surface area contributed by atoms with E-state index in [2.05, 4.69) is 22.3 Å². The summed E-state index contributed by atoms with van der Waals surface area (Å²) in [6.07, 6.45) is 5.67. The van der Waals surface area contributed by atoms with Gasteiger partial charge in [-0.05, 0) is 36.6 Å². The van der Waals surface area contributed by atoms with Crippen LogP contribution in [0.3, 0.4) is 0 Å². The van der Waals surface area contributed by atoms with Crippen LogP contribution < -0.4 is 15.4 Å². The molecule has 0 fully saturated rings. The Kier molecular flexibility index (Phi) is 10.9. The highest BCUT2D eigenvalue weighted by molar-refractivity contribution is 7.89. The van der Waals surface area contributed by atoms with Crippen molar-refractivity contribution in [1.82, 2.24) is 10.0 Å². The van der Waals surface area contributed by atoms with Crippen LogP contribution in [-0.2, 0) is 19.6 Å². The highest BCUT2D eigenvalue weighted by Gasteiger charge is 2.24. The molecule has 0 saturated heterocycles. The molecule has 1 aromatic carbocycles. The number of amides is 2. The Bertz CT molecular complexity index is 746. The first-order chi connectivity index (χ1) is 13.7. The normalized spacial score (nSPS) is 12.6. The zero-order valence-corrected chi connectivity index (χ0v) is 18.8. The molecule has 0 aliphatic carbocycles. The van der Waals surface area contributed by atoms with Crippen molar-refractivity contribution >= 4 is 27.5 Å². The molecule has 164 valence electrons. The van der Waals surface area contributed by atoms with Gasteiger partial charge in [-0.3, -0.25) is 9.59 Å². The zero-order valence-electron chi connectivity index (χ0n) is 18.0. The molecule has 0 radical (unpaired) electrons. The summed E-state index contributed by atoms with van der Waals surface area (Å²) < 4.78 is 28.0. The predicted molar refractivity (Wildman–Crippen MR) is 116 cm³/mol. The number of carbonyl (C=O) groups excluding carboxylic acids is 2. The van der Waals surface area contributed by atoms with Gasteiger partial charge in [-0.25, -0.2) is 13.1 Å². The molecule has 0 saturated carbocycles. The van der Waals surface area contributed by atoms with E-state index >= 15 is 0 Å². The number of anilines is 1. The minimum atomic E-state index is -3.77. The van der Waals surface area contributed by atoms with E-state index in [0.29, 0.717) is 12.2 Å². The second kappa shape index (κ2) is 12.6. The third kappa shape index (κ3) is 9.89. The fraction of sp³-hybridized carbons (Fsp3) is 0.619. The number of nitrogens with one attached hydrogen (secondary N) is 3. The van der Waals surface area contributed by atoms with Crippen molar-refractivity contribution in [3.8, 4) is 0 Å². The summed E-state index contributed by atoms with van der Waals surface area (Å²) in [5.41, 5.74) is 0.523. The largest absolute Gasteiger partial charge is 0.356 e. The average molecular weight is 426 g/mol. The second-order valence-corrected chi connectivity index (χ2v) is 9.36. The van der Waals surface area contributed by atoms with Crippen LogP contribution in [0, 0.1) is 5.92 Å². The van der Waals surface area contributed by atoms with Gasteiger partial charge in [0.2, 0.25) is 21.8 Å². The van der Waals surface area contributed by atoms with Crippen molar-refractivity contribution in [3.05, 3.63) is 24.3 Å². The van der Waals surface area contributed by atoms with Gasteiger partial charge in [0, 0.05) is 31.6 Å². The van der Waals surface area contributed by atoms with Gasteiger partial charge in [0.1, 0.15) is 0 Å². The molecule has 1 aromatic rings. The van der Waals surface area contributed by atoms with Gasteiger partial charge in [-0.2, -0.15) is 0 Å². The number of carbonyl (C=O) groups is 2. The third-order valence-electron chi connectivity index (χ3n) is 4.60. The first-order valence-electron chi connectivity index (χ1n) is 10.3. The summed E-state index contributed by atoms with van der Waals surface area (Å²) >= 11 is 0. The summed E-state index contributed by atoms with van der Waals surface area (Å²) in [6, 6.07) is 5.43. The van der Waals surface area contributed by atoms with Crippen molar-refractivity contribution in [1.29, 1.82) is 0 Å². The fourth-order valence-electron chi connectivity index (χ4n) is 2.83. The van der Waals surface area contributed by atoms with Crippen LogP contribution >= 0.6 is 0 Å². The molecule has 29 heavy (non-hydrogen) atoms. The molecule has 1 atom stereocenters. The maximum atomic E-state index is 12.7. The maximum absolute atomic E-state index is 12.7. The highest BCUT2D eigenvalue weighted by atomic mass is 32.2. The van der Waals surface area contributed by atoms with Crippen LogP contribution in [0.5, 0.6) is 0 Å². The lowest BCUT2D eigenvalue weighted by Crippen LogP contribution is -2.42. The van der Waals surface area contributed by atoms with Crippen LogP contribution in [0.2, 0.25) is 0 Å². The molecule has 7 nitrogen and oxygen atoms in total. The van der Waals surface area contributed by atoms with Crippen LogP contribution in [0.1, 0.15) is 66.2 Å². The third-order valence-corrected chi connectivity index (χ3v) is 6.11. The average Bonchev–Trinajstić information content (AvgIpc) is 2.63. The van der Waals surface area contributed by atoms with E-state index in [4.69, 9.17) is 0 Å². The SMILES string of the molecule is CCCCCCCNC(=O)C[C@H](NS(=O)(=O)c1ccc(NC(C)=O)cc1)C(C)C. The Balaban J connectivity index is 2.62. The van der Waals surface area contributed by atoms with E-state index in [0.717, 1.165) is 12.8 Å². The smallest absolute Gasteiger partial charge is 0.240 e. The van der Waals surface area contributed by atoms with Crippen molar-refractivity contribution in [3.63, 3.8) is 0 Å². The van der Waals surface area contributed by atoms with Crippen molar-refractivity contribution in [2.45, 2.75) is 77.2 Å². The zero-order chi connectivity index (χ0) is 21.9. The first-order valence-corrected chi connectivity index (χ1v) is 11.8. The van der Waals surface area contributed by atoms with Crippen molar-refractivity contribution in [2.24, 2.45) is 5.92 Å². The molecular weight excluding hydrogens is 390 g/mol. The summed E-state index contributed by atoms with van der Waals surface area (Å²) in [5.74, 6) is -0.420. The maximum Gasteiger partial charge on any atom is 0.240 e. The van der Waals surface area contributed by atoms with Crippen LogP contribution in [0.25, 0.3) is 0 Å². The lowest BCUT2D eigenvalue weighted by Gasteiger charge is -2.22. The van der Waals surface area contributed by atoms with E-state index < -0.39 is 16.1 Å².